The summed E-state index contributed by atoms with van der Waals surface area (Å²) in [6.07, 6.45) is -3.03. The highest BCUT2D eigenvalue weighted by atomic mass is 19.4. The number of alkyl halides is 3. The first-order valence-electron chi connectivity index (χ1n) is 9.15. The molecule has 158 valence electrons. The number of fused-ring (bicyclic) bond motifs is 1. The molecular weight excluding hydrogens is 411 g/mol. The zero-order valence-electron chi connectivity index (χ0n) is 16.4. The number of aromatic nitrogens is 4. The van der Waals surface area contributed by atoms with Crippen molar-refractivity contribution in [1.29, 1.82) is 0 Å². The zero-order chi connectivity index (χ0) is 22.2. The summed E-state index contributed by atoms with van der Waals surface area (Å²) < 4.78 is 44.6. The molecule has 0 aliphatic carbocycles. The molecule has 0 spiro atoms. The molecular formula is C21H16F3N5O2. The van der Waals surface area contributed by atoms with E-state index < -0.39 is 17.6 Å². The largest absolute Gasteiger partial charge is 0.437 e. The number of carbonyl (C=O) groups is 1. The second kappa shape index (κ2) is 7.71. The number of anilines is 1. The van der Waals surface area contributed by atoms with E-state index in [-0.39, 0.29) is 17.1 Å². The van der Waals surface area contributed by atoms with Gasteiger partial charge >= 0.3 is 6.18 Å². The normalized spacial score (nSPS) is 11.5. The number of nitrogens with zero attached hydrogens (tertiary/aromatic N) is 3. The van der Waals surface area contributed by atoms with Crippen molar-refractivity contribution in [1.82, 2.24) is 19.9 Å². The van der Waals surface area contributed by atoms with E-state index in [0.29, 0.717) is 22.7 Å². The number of aromatic amines is 1. The minimum atomic E-state index is -4.50. The fourth-order valence-corrected chi connectivity index (χ4v) is 2.92. The van der Waals surface area contributed by atoms with Gasteiger partial charge in [0.15, 0.2) is 5.65 Å². The van der Waals surface area contributed by atoms with Crippen molar-refractivity contribution < 1.29 is 22.7 Å². The number of carbonyl (C=O) groups excluding carboxylic acids is 1. The van der Waals surface area contributed by atoms with Gasteiger partial charge in [-0.3, -0.25) is 4.79 Å². The highest BCUT2D eigenvalue weighted by molar-refractivity contribution is 6.04. The molecule has 2 heterocycles. The SMILES string of the molecule is Cc1nc(Oc2cc(C(=O)Nc3cccc(C(F)(F)F)c3)ccc2C)c2[nH]cnc2n1. The van der Waals surface area contributed by atoms with E-state index in [1.165, 1.54) is 24.5 Å². The number of halogens is 3. The zero-order valence-corrected chi connectivity index (χ0v) is 16.4. The van der Waals surface area contributed by atoms with Crippen LogP contribution >= 0.6 is 0 Å². The van der Waals surface area contributed by atoms with E-state index >= 15 is 0 Å². The van der Waals surface area contributed by atoms with E-state index in [1.54, 1.807) is 26.0 Å². The van der Waals surface area contributed by atoms with Gasteiger partial charge in [0.1, 0.15) is 17.1 Å². The van der Waals surface area contributed by atoms with Gasteiger partial charge < -0.3 is 15.0 Å². The van der Waals surface area contributed by atoms with E-state index in [0.717, 1.165) is 17.7 Å². The van der Waals surface area contributed by atoms with Crippen molar-refractivity contribution in [2.45, 2.75) is 20.0 Å². The first kappa shape index (κ1) is 20.3. The van der Waals surface area contributed by atoms with Crippen LogP contribution in [0, 0.1) is 13.8 Å². The lowest BCUT2D eigenvalue weighted by Gasteiger charge is -2.12. The molecule has 31 heavy (non-hydrogen) atoms. The summed E-state index contributed by atoms with van der Waals surface area (Å²) in [5, 5.41) is 2.48. The Morgan fingerprint density at radius 1 is 1.10 bits per heavy atom. The third-order valence-corrected chi connectivity index (χ3v) is 4.47. The molecule has 0 radical (unpaired) electrons. The summed E-state index contributed by atoms with van der Waals surface area (Å²) >= 11 is 0. The number of imidazole rings is 1. The molecule has 2 N–H and O–H groups in total. The van der Waals surface area contributed by atoms with E-state index in [9.17, 15) is 18.0 Å². The van der Waals surface area contributed by atoms with Crippen LogP contribution in [0.15, 0.2) is 48.8 Å². The van der Waals surface area contributed by atoms with Gasteiger partial charge in [-0.1, -0.05) is 12.1 Å². The maximum Gasteiger partial charge on any atom is 0.416 e. The maximum absolute atomic E-state index is 12.9. The Bertz CT molecular complexity index is 1280. The molecule has 4 rings (SSSR count). The summed E-state index contributed by atoms with van der Waals surface area (Å²) in [5.74, 6) is 0.504. The van der Waals surface area contributed by atoms with Gasteiger partial charge in [-0.25, -0.2) is 9.97 Å². The predicted molar refractivity (Wildman–Crippen MR) is 107 cm³/mol. The summed E-state index contributed by atoms with van der Waals surface area (Å²) in [4.78, 5) is 28.1. The van der Waals surface area contributed by atoms with Gasteiger partial charge in [-0.2, -0.15) is 18.2 Å². The van der Waals surface area contributed by atoms with Gasteiger partial charge in [-0.05, 0) is 49.7 Å². The van der Waals surface area contributed by atoms with Gasteiger partial charge in [0, 0.05) is 11.3 Å². The number of hydrogen-bond donors (Lipinski definition) is 2. The number of nitrogens with one attached hydrogen (secondary N) is 2. The fraction of sp³-hybridized carbons (Fsp3) is 0.143. The minimum Gasteiger partial charge on any atom is -0.437 e. The maximum atomic E-state index is 12.9. The molecule has 0 unspecified atom stereocenters. The molecule has 0 fully saturated rings. The van der Waals surface area contributed by atoms with Gasteiger partial charge in [0.2, 0.25) is 5.88 Å². The smallest absolute Gasteiger partial charge is 0.416 e. The Hall–Kier alpha value is -3.95. The Morgan fingerprint density at radius 3 is 2.68 bits per heavy atom. The third kappa shape index (κ3) is 4.32. The predicted octanol–water partition coefficient (Wildman–Crippen LogP) is 5.03. The molecule has 4 aromatic rings. The summed E-state index contributed by atoms with van der Waals surface area (Å²) in [5.41, 5.74) is 1.08. The van der Waals surface area contributed by atoms with Crippen LogP contribution in [0.5, 0.6) is 11.6 Å². The number of benzene rings is 2. The van der Waals surface area contributed by atoms with Crippen LogP contribution in [0.4, 0.5) is 18.9 Å². The van der Waals surface area contributed by atoms with Crippen LogP contribution in [0.1, 0.15) is 27.3 Å². The number of amides is 1. The molecule has 7 nitrogen and oxygen atoms in total. The topological polar surface area (TPSA) is 92.8 Å². The first-order valence-corrected chi connectivity index (χ1v) is 9.15. The minimum absolute atomic E-state index is 0.0356. The van der Waals surface area contributed by atoms with E-state index in [2.05, 4.69) is 25.3 Å². The van der Waals surface area contributed by atoms with E-state index in [1.807, 2.05) is 0 Å². The molecule has 0 saturated carbocycles. The summed E-state index contributed by atoms with van der Waals surface area (Å²) in [6.45, 7) is 3.49. The van der Waals surface area contributed by atoms with Gasteiger partial charge in [-0.15, -0.1) is 0 Å². The first-order chi connectivity index (χ1) is 14.7. The molecule has 0 bridgehead atoms. The molecule has 0 atom stereocenters. The number of hydrogen-bond acceptors (Lipinski definition) is 5. The van der Waals surface area contributed by atoms with Crippen LogP contribution in [-0.4, -0.2) is 25.8 Å². The highest BCUT2D eigenvalue weighted by Gasteiger charge is 2.30. The second-order valence-electron chi connectivity index (χ2n) is 6.79. The molecule has 2 aromatic carbocycles. The van der Waals surface area contributed by atoms with Crippen LogP contribution < -0.4 is 10.1 Å². The Balaban J connectivity index is 1.60. The molecule has 2 aromatic heterocycles. The van der Waals surface area contributed by atoms with Crippen molar-refractivity contribution in [2.75, 3.05) is 5.32 Å². The summed E-state index contributed by atoms with van der Waals surface area (Å²) in [7, 11) is 0. The monoisotopic (exact) mass is 427 g/mol. The lowest BCUT2D eigenvalue weighted by molar-refractivity contribution is -0.137. The highest BCUT2D eigenvalue weighted by Crippen LogP contribution is 2.31. The number of rotatable bonds is 4. The second-order valence-corrected chi connectivity index (χ2v) is 6.79. The lowest BCUT2D eigenvalue weighted by Crippen LogP contribution is -2.13. The Kier molecular flexibility index (Phi) is 5.05. The van der Waals surface area contributed by atoms with Crippen LogP contribution in [0.3, 0.4) is 0 Å². The lowest BCUT2D eigenvalue weighted by atomic mass is 10.1. The van der Waals surface area contributed by atoms with E-state index in [4.69, 9.17) is 4.74 Å². The van der Waals surface area contributed by atoms with Crippen LogP contribution in [0.25, 0.3) is 11.2 Å². The molecule has 0 aliphatic rings. The molecule has 1 amide bonds. The Morgan fingerprint density at radius 2 is 1.90 bits per heavy atom. The molecule has 0 aliphatic heterocycles. The van der Waals surface area contributed by atoms with Crippen molar-refractivity contribution in [2.24, 2.45) is 0 Å². The average Bonchev–Trinajstić information content (AvgIpc) is 3.17. The third-order valence-electron chi connectivity index (χ3n) is 4.47. The van der Waals surface area contributed by atoms with Crippen molar-refractivity contribution in [3.05, 3.63) is 71.3 Å². The number of H-pyrrole nitrogens is 1. The quantitative estimate of drug-likeness (QED) is 0.476. The number of aryl methyl sites for hydroxylation is 2. The van der Waals surface area contributed by atoms with Crippen LogP contribution in [0.2, 0.25) is 0 Å². The Labute approximate surface area is 174 Å². The summed E-state index contributed by atoms with van der Waals surface area (Å²) in [6, 6.07) is 9.16. The van der Waals surface area contributed by atoms with Crippen molar-refractivity contribution in [3.63, 3.8) is 0 Å². The van der Waals surface area contributed by atoms with Crippen molar-refractivity contribution in [3.8, 4) is 11.6 Å². The fourth-order valence-electron chi connectivity index (χ4n) is 2.92. The van der Waals surface area contributed by atoms with Gasteiger partial charge in [0.25, 0.3) is 5.91 Å². The molecule has 0 saturated heterocycles. The average molecular weight is 427 g/mol. The van der Waals surface area contributed by atoms with Crippen LogP contribution in [-0.2, 0) is 6.18 Å². The van der Waals surface area contributed by atoms with Crippen molar-refractivity contribution >= 4 is 22.8 Å². The standard InChI is InChI=1S/C21H16F3N5O2/c1-11-6-7-13(19(30)29-15-5-3-4-14(9-15)21(22,23)24)8-16(11)31-20-17-18(26-10-25-17)27-12(2)28-20/h3-10H,1-2H3,(H,29,30)(H,25,26,27,28). The molecule has 10 heteroatoms. The number of ether oxygens (including phenoxy) is 1. The van der Waals surface area contributed by atoms with Gasteiger partial charge in [0.05, 0.1) is 11.9 Å².